The molecule has 118 valence electrons. The third-order valence-corrected chi connectivity index (χ3v) is 3.87. The minimum atomic E-state index is -0.451. The number of hydrogen-bond donors (Lipinski definition) is 2. The lowest BCUT2D eigenvalue weighted by molar-refractivity contribution is 0.249. The van der Waals surface area contributed by atoms with E-state index >= 15 is 0 Å². The Morgan fingerprint density at radius 1 is 1.18 bits per heavy atom. The fraction of sp³-hybridized carbons (Fsp3) is 0.353. The van der Waals surface area contributed by atoms with Crippen molar-refractivity contribution in [3.63, 3.8) is 0 Å². The lowest BCUT2D eigenvalue weighted by Crippen LogP contribution is -2.26. The van der Waals surface area contributed by atoms with E-state index in [-0.39, 0.29) is 12.4 Å². The molecule has 5 heteroatoms. The average Bonchev–Trinajstić information content (AvgIpc) is 2.54. The molecule has 0 aliphatic rings. The van der Waals surface area contributed by atoms with E-state index in [9.17, 15) is 15.0 Å². The van der Waals surface area contributed by atoms with Crippen LogP contribution in [-0.4, -0.2) is 26.2 Å². The number of aliphatic hydroxyl groups is 1. The van der Waals surface area contributed by atoms with Crippen LogP contribution in [0.4, 0.5) is 0 Å². The third-order valence-electron chi connectivity index (χ3n) is 3.87. The number of aromatic hydroxyl groups is 1. The molecule has 0 aliphatic carbocycles. The summed E-state index contributed by atoms with van der Waals surface area (Å²) < 4.78 is 1.68. The van der Waals surface area contributed by atoms with E-state index in [2.05, 4.69) is 4.90 Å². The van der Waals surface area contributed by atoms with Crippen molar-refractivity contribution in [1.29, 1.82) is 0 Å². The van der Waals surface area contributed by atoms with Crippen molar-refractivity contribution in [2.45, 2.75) is 26.6 Å². The molecule has 5 nitrogen and oxygen atoms in total. The van der Waals surface area contributed by atoms with Gasteiger partial charge in [-0.15, -0.1) is 0 Å². The second-order valence-corrected chi connectivity index (χ2v) is 5.30. The van der Waals surface area contributed by atoms with E-state index in [1.807, 2.05) is 37.3 Å². The van der Waals surface area contributed by atoms with Gasteiger partial charge in [-0.2, -0.15) is 0 Å². The highest BCUT2D eigenvalue weighted by atomic mass is 16.3. The van der Waals surface area contributed by atoms with Gasteiger partial charge in [-0.05, 0) is 12.1 Å². The molecular formula is C17H22N2O3. The molecule has 0 fully saturated rings. The monoisotopic (exact) mass is 302 g/mol. The summed E-state index contributed by atoms with van der Waals surface area (Å²) in [6, 6.07) is 11.3. The summed E-state index contributed by atoms with van der Waals surface area (Å²) in [7, 11) is 1.75. The van der Waals surface area contributed by atoms with Crippen LogP contribution in [0.3, 0.4) is 0 Å². The molecular weight excluding hydrogens is 280 g/mol. The molecule has 0 unspecified atom stereocenters. The molecule has 0 saturated carbocycles. The number of aromatic nitrogens is 1. The average molecular weight is 302 g/mol. The molecule has 1 aromatic carbocycles. The van der Waals surface area contributed by atoms with Crippen LogP contribution >= 0.6 is 0 Å². The molecule has 0 atom stereocenters. The van der Waals surface area contributed by atoms with Crippen LogP contribution in [0, 0.1) is 0 Å². The van der Waals surface area contributed by atoms with Gasteiger partial charge in [0.2, 0.25) is 5.43 Å². The molecule has 2 N–H and O–H groups in total. The van der Waals surface area contributed by atoms with E-state index in [4.69, 9.17) is 0 Å². The van der Waals surface area contributed by atoms with Gasteiger partial charge in [-0.1, -0.05) is 37.3 Å². The van der Waals surface area contributed by atoms with E-state index < -0.39 is 5.43 Å². The Morgan fingerprint density at radius 2 is 1.86 bits per heavy atom. The fourth-order valence-electron chi connectivity index (χ4n) is 2.46. The summed E-state index contributed by atoms with van der Waals surface area (Å²) in [5.41, 5.74) is 1.74. The predicted molar refractivity (Wildman–Crippen MR) is 85.5 cm³/mol. The number of nitrogens with zero attached hydrogens (tertiary/aromatic N) is 2. The molecule has 0 radical (unpaired) electrons. The van der Waals surface area contributed by atoms with Crippen molar-refractivity contribution in [3.05, 3.63) is 63.6 Å². The van der Waals surface area contributed by atoms with Crippen LogP contribution < -0.4 is 5.43 Å². The molecule has 2 rings (SSSR count). The summed E-state index contributed by atoms with van der Waals surface area (Å²) >= 11 is 0. The summed E-state index contributed by atoms with van der Waals surface area (Å²) in [5, 5.41) is 19.4. The van der Waals surface area contributed by atoms with Crippen LogP contribution in [0.25, 0.3) is 0 Å². The number of hydrogen-bond acceptors (Lipinski definition) is 4. The number of pyridine rings is 1. The molecule has 0 amide bonds. The maximum absolute atomic E-state index is 11.8. The lowest BCUT2D eigenvalue weighted by atomic mass is 10.2. The molecule has 0 saturated heterocycles. The van der Waals surface area contributed by atoms with E-state index in [1.54, 1.807) is 11.6 Å². The van der Waals surface area contributed by atoms with Crippen LogP contribution in [-0.2, 0) is 26.7 Å². The van der Waals surface area contributed by atoms with Gasteiger partial charge in [0.1, 0.15) is 0 Å². The van der Waals surface area contributed by atoms with Crippen molar-refractivity contribution in [2.24, 2.45) is 7.05 Å². The summed E-state index contributed by atoms with van der Waals surface area (Å²) in [6.45, 7) is 3.76. The van der Waals surface area contributed by atoms with Crippen molar-refractivity contribution in [2.75, 3.05) is 6.54 Å². The summed E-state index contributed by atoms with van der Waals surface area (Å²) in [6.07, 6.45) is 0. The zero-order chi connectivity index (χ0) is 16.1. The molecule has 0 spiro atoms. The molecule has 0 aliphatic heterocycles. The summed E-state index contributed by atoms with van der Waals surface area (Å²) in [4.78, 5) is 13.9. The number of aliphatic hydroxyl groups excluding tert-OH is 1. The normalized spacial score (nSPS) is 11.1. The molecule has 22 heavy (non-hydrogen) atoms. The molecule has 1 heterocycles. The maximum Gasteiger partial charge on any atom is 0.223 e. The first-order chi connectivity index (χ1) is 10.6. The standard InChI is InChI=1S/C17H22N2O3/c1-3-19(10-13-7-5-4-6-8-13)11-15-17(22)16(21)9-14(12-20)18(15)2/h4-9,20,22H,3,10-12H2,1-2H3. The Bertz CT molecular complexity index is 680. The Kier molecular flexibility index (Phi) is 5.35. The highest BCUT2D eigenvalue weighted by molar-refractivity contribution is 5.30. The van der Waals surface area contributed by atoms with Gasteiger partial charge >= 0.3 is 0 Å². The highest BCUT2D eigenvalue weighted by Crippen LogP contribution is 2.17. The Labute approximate surface area is 130 Å². The zero-order valence-corrected chi connectivity index (χ0v) is 13.0. The van der Waals surface area contributed by atoms with Gasteiger partial charge in [-0.25, -0.2) is 0 Å². The maximum atomic E-state index is 11.8. The van der Waals surface area contributed by atoms with Gasteiger partial charge in [0.05, 0.1) is 12.3 Å². The number of benzene rings is 1. The van der Waals surface area contributed by atoms with Gasteiger partial charge in [0.25, 0.3) is 0 Å². The fourth-order valence-corrected chi connectivity index (χ4v) is 2.46. The first-order valence-corrected chi connectivity index (χ1v) is 7.34. The van der Waals surface area contributed by atoms with Gasteiger partial charge in [0, 0.05) is 31.9 Å². The Balaban J connectivity index is 2.28. The molecule has 2 aromatic rings. The van der Waals surface area contributed by atoms with Crippen LogP contribution in [0.1, 0.15) is 23.9 Å². The van der Waals surface area contributed by atoms with E-state index in [1.165, 1.54) is 11.6 Å². The first kappa shape index (κ1) is 16.3. The minimum absolute atomic E-state index is 0.232. The molecule has 1 aromatic heterocycles. The largest absolute Gasteiger partial charge is 0.503 e. The second kappa shape index (κ2) is 7.24. The van der Waals surface area contributed by atoms with Crippen LogP contribution in [0.15, 0.2) is 41.2 Å². The van der Waals surface area contributed by atoms with E-state index in [0.717, 1.165) is 13.1 Å². The Morgan fingerprint density at radius 3 is 2.45 bits per heavy atom. The van der Waals surface area contributed by atoms with Gasteiger partial charge in [-0.3, -0.25) is 9.69 Å². The smallest absolute Gasteiger partial charge is 0.223 e. The first-order valence-electron chi connectivity index (χ1n) is 7.34. The predicted octanol–water partition coefficient (Wildman–Crippen LogP) is 1.61. The minimum Gasteiger partial charge on any atom is -0.503 e. The number of rotatable bonds is 6. The highest BCUT2D eigenvalue weighted by Gasteiger charge is 2.15. The van der Waals surface area contributed by atoms with E-state index in [0.29, 0.717) is 17.9 Å². The van der Waals surface area contributed by atoms with Gasteiger partial charge in [0.15, 0.2) is 5.75 Å². The van der Waals surface area contributed by atoms with Crippen molar-refractivity contribution >= 4 is 0 Å². The van der Waals surface area contributed by atoms with Crippen LogP contribution in [0.5, 0.6) is 5.75 Å². The zero-order valence-electron chi connectivity index (χ0n) is 13.0. The Hall–Kier alpha value is -2.11. The quantitative estimate of drug-likeness (QED) is 0.851. The lowest BCUT2D eigenvalue weighted by Gasteiger charge is -2.23. The van der Waals surface area contributed by atoms with Crippen LogP contribution in [0.2, 0.25) is 0 Å². The summed E-state index contributed by atoms with van der Waals surface area (Å²) in [5.74, 6) is -0.244. The topological polar surface area (TPSA) is 65.7 Å². The SMILES string of the molecule is CCN(Cc1ccccc1)Cc1c(O)c(=O)cc(CO)n1C. The van der Waals surface area contributed by atoms with Crippen molar-refractivity contribution in [3.8, 4) is 5.75 Å². The van der Waals surface area contributed by atoms with Gasteiger partial charge < -0.3 is 14.8 Å². The second-order valence-electron chi connectivity index (χ2n) is 5.30. The van der Waals surface area contributed by atoms with Crippen molar-refractivity contribution < 1.29 is 10.2 Å². The third kappa shape index (κ3) is 3.55. The molecule has 0 bridgehead atoms. The van der Waals surface area contributed by atoms with Crippen molar-refractivity contribution in [1.82, 2.24) is 9.47 Å².